The maximum Gasteiger partial charge on any atom is 0.253 e. The lowest BCUT2D eigenvalue weighted by molar-refractivity contribution is 0.0827. The molecule has 0 fully saturated rings. The number of amides is 1. The zero-order valence-electron chi connectivity index (χ0n) is 11.1. The fourth-order valence-electron chi connectivity index (χ4n) is 1.56. The van der Waals surface area contributed by atoms with E-state index < -0.39 is 0 Å². The van der Waals surface area contributed by atoms with Crippen LogP contribution in [0.4, 0.5) is 5.69 Å². The van der Waals surface area contributed by atoms with Crippen molar-refractivity contribution in [2.45, 2.75) is 10.1 Å². The minimum atomic E-state index is -0.0401. The fraction of sp³-hybridized carbons (Fsp3) is 0.231. The molecule has 5 nitrogen and oxygen atoms in total. The van der Waals surface area contributed by atoms with Crippen molar-refractivity contribution >= 4 is 23.4 Å². The van der Waals surface area contributed by atoms with Crippen molar-refractivity contribution in [3.05, 3.63) is 36.2 Å². The number of aryl methyl sites for hydroxylation is 1. The van der Waals surface area contributed by atoms with Crippen molar-refractivity contribution in [1.29, 1.82) is 0 Å². The molecule has 19 heavy (non-hydrogen) atoms. The van der Waals surface area contributed by atoms with Gasteiger partial charge < -0.3 is 15.2 Å². The lowest BCUT2D eigenvalue weighted by Crippen LogP contribution is -2.21. The smallest absolute Gasteiger partial charge is 0.253 e. The van der Waals surface area contributed by atoms with E-state index >= 15 is 0 Å². The zero-order valence-corrected chi connectivity index (χ0v) is 11.9. The van der Waals surface area contributed by atoms with Crippen LogP contribution in [0.1, 0.15) is 10.4 Å². The molecular weight excluding hydrogens is 260 g/mol. The summed E-state index contributed by atoms with van der Waals surface area (Å²) in [5, 5.41) is 0.834. The predicted octanol–water partition coefficient (Wildman–Crippen LogP) is 1.86. The van der Waals surface area contributed by atoms with Gasteiger partial charge in [-0.1, -0.05) is 0 Å². The number of rotatable bonds is 3. The van der Waals surface area contributed by atoms with Crippen LogP contribution in [0, 0.1) is 0 Å². The normalized spacial score (nSPS) is 10.5. The first-order valence-corrected chi connectivity index (χ1v) is 6.57. The highest BCUT2D eigenvalue weighted by molar-refractivity contribution is 7.99. The van der Waals surface area contributed by atoms with Crippen molar-refractivity contribution in [3.8, 4) is 0 Å². The number of nitrogens with two attached hydrogens (primary N) is 1. The number of hydrogen-bond acceptors (Lipinski definition) is 4. The van der Waals surface area contributed by atoms with E-state index in [0.717, 1.165) is 10.1 Å². The van der Waals surface area contributed by atoms with Crippen LogP contribution in [0.3, 0.4) is 0 Å². The Morgan fingerprint density at radius 3 is 2.74 bits per heavy atom. The molecule has 0 unspecified atom stereocenters. The molecule has 2 N–H and O–H groups in total. The molecule has 100 valence electrons. The summed E-state index contributed by atoms with van der Waals surface area (Å²) < 4.78 is 1.91. The van der Waals surface area contributed by atoms with Crippen LogP contribution in [0.25, 0.3) is 0 Å². The molecule has 1 aromatic carbocycles. The molecule has 0 atom stereocenters. The summed E-state index contributed by atoms with van der Waals surface area (Å²) in [6.07, 6.45) is 3.60. The van der Waals surface area contributed by atoms with E-state index in [2.05, 4.69) is 4.98 Å². The summed E-state index contributed by atoms with van der Waals surface area (Å²) in [6, 6.07) is 5.29. The Morgan fingerprint density at radius 1 is 1.42 bits per heavy atom. The topological polar surface area (TPSA) is 64.2 Å². The SMILES string of the molecule is CN(C)C(=O)c1ccc(N)c(Sc2nccn2C)c1. The first-order chi connectivity index (χ1) is 8.99. The van der Waals surface area contributed by atoms with Crippen molar-refractivity contribution < 1.29 is 4.79 Å². The Morgan fingerprint density at radius 2 is 2.16 bits per heavy atom. The molecule has 1 heterocycles. The third kappa shape index (κ3) is 2.90. The molecule has 0 saturated carbocycles. The lowest BCUT2D eigenvalue weighted by Gasteiger charge is -2.12. The third-order valence-corrected chi connectivity index (χ3v) is 3.79. The van der Waals surface area contributed by atoms with Crippen LogP contribution < -0.4 is 5.73 Å². The van der Waals surface area contributed by atoms with Gasteiger partial charge in [-0.2, -0.15) is 0 Å². The highest BCUT2D eigenvalue weighted by Crippen LogP contribution is 2.31. The maximum atomic E-state index is 11.9. The van der Waals surface area contributed by atoms with Crippen LogP contribution >= 0.6 is 11.8 Å². The van der Waals surface area contributed by atoms with Crippen molar-refractivity contribution in [3.63, 3.8) is 0 Å². The fourth-order valence-corrected chi connectivity index (χ4v) is 2.45. The molecule has 1 amide bonds. The Hall–Kier alpha value is -1.95. The van der Waals surface area contributed by atoms with Crippen LogP contribution in [0.5, 0.6) is 0 Å². The summed E-state index contributed by atoms with van der Waals surface area (Å²) in [6.45, 7) is 0. The molecule has 0 aliphatic rings. The molecule has 6 heteroatoms. The van der Waals surface area contributed by atoms with Crippen LogP contribution in [-0.2, 0) is 7.05 Å². The molecule has 1 aromatic heterocycles. The van der Waals surface area contributed by atoms with Crippen LogP contribution in [0.15, 0.2) is 40.6 Å². The van der Waals surface area contributed by atoms with Crippen LogP contribution in [-0.4, -0.2) is 34.5 Å². The zero-order chi connectivity index (χ0) is 14.0. The minimum absolute atomic E-state index is 0.0401. The van der Waals surface area contributed by atoms with Gasteiger partial charge in [0.05, 0.1) is 0 Å². The Labute approximate surface area is 116 Å². The lowest BCUT2D eigenvalue weighted by atomic mass is 10.2. The van der Waals surface area contributed by atoms with E-state index in [0.29, 0.717) is 11.3 Å². The standard InChI is InChI=1S/C13H16N4OS/c1-16(2)12(18)9-4-5-10(14)11(8-9)19-13-15-6-7-17(13)3/h4-8H,14H2,1-3H3. The van der Waals surface area contributed by atoms with E-state index in [1.165, 1.54) is 11.8 Å². The number of nitrogen functional groups attached to an aromatic ring is 1. The Kier molecular flexibility index (Phi) is 3.80. The maximum absolute atomic E-state index is 11.9. The van der Waals surface area contributed by atoms with Gasteiger partial charge >= 0.3 is 0 Å². The van der Waals surface area contributed by atoms with Gasteiger partial charge in [0.25, 0.3) is 5.91 Å². The second-order valence-corrected chi connectivity index (χ2v) is 5.38. The highest BCUT2D eigenvalue weighted by atomic mass is 32.2. The second-order valence-electron chi connectivity index (χ2n) is 4.37. The van der Waals surface area contributed by atoms with Crippen molar-refractivity contribution in [1.82, 2.24) is 14.5 Å². The average Bonchev–Trinajstić information content (AvgIpc) is 2.77. The number of carbonyl (C=O) groups is 1. The van der Waals surface area contributed by atoms with Gasteiger partial charge in [0.2, 0.25) is 0 Å². The summed E-state index contributed by atoms with van der Waals surface area (Å²) >= 11 is 1.45. The largest absolute Gasteiger partial charge is 0.398 e. The van der Waals surface area contributed by atoms with Gasteiger partial charge in [-0.3, -0.25) is 4.79 Å². The Bertz CT molecular complexity index is 606. The number of nitrogens with zero attached hydrogens (tertiary/aromatic N) is 3. The molecule has 0 saturated heterocycles. The van der Waals surface area contributed by atoms with Gasteiger partial charge in [-0.25, -0.2) is 4.98 Å². The van der Waals surface area contributed by atoms with E-state index in [-0.39, 0.29) is 5.91 Å². The van der Waals surface area contributed by atoms with E-state index in [9.17, 15) is 4.79 Å². The van der Waals surface area contributed by atoms with E-state index in [1.807, 2.05) is 17.8 Å². The first kappa shape index (κ1) is 13.5. The summed E-state index contributed by atoms with van der Waals surface area (Å²) in [5.41, 5.74) is 7.21. The minimum Gasteiger partial charge on any atom is -0.398 e. The average molecular weight is 276 g/mol. The number of anilines is 1. The Balaban J connectivity index is 2.32. The predicted molar refractivity (Wildman–Crippen MR) is 76.2 cm³/mol. The van der Waals surface area contributed by atoms with Gasteiger partial charge in [0.1, 0.15) is 0 Å². The van der Waals surface area contributed by atoms with Gasteiger partial charge in [-0.05, 0) is 30.0 Å². The number of benzene rings is 1. The molecule has 0 aliphatic heterocycles. The molecule has 0 spiro atoms. The van der Waals surface area contributed by atoms with E-state index in [4.69, 9.17) is 5.73 Å². The number of hydrogen-bond donors (Lipinski definition) is 1. The number of aromatic nitrogens is 2. The van der Waals surface area contributed by atoms with E-state index in [1.54, 1.807) is 43.4 Å². The summed E-state index contributed by atoms with van der Waals surface area (Å²) in [5.74, 6) is -0.0401. The van der Waals surface area contributed by atoms with Crippen molar-refractivity contribution in [2.75, 3.05) is 19.8 Å². The second kappa shape index (κ2) is 5.36. The molecule has 2 rings (SSSR count). The number of imidazole rings is 1. The molecule has 0 bridgehead atoms. The van der Waals surface area contributed by atoms with Gasteiger partial charge in [0.15, 0.2) is 5.16 Å². The van der Waals surface area contributed by atoms with Crippen LogP contribution in [0.2, 0.25) is 0 Å². The van der Waals surface area contributed by atoms with Crippen molar-refractivity contribution in [2.24, 2.45) is 7.05 Å². The number of carbonyl (C=O) groups excluding carboxylic acids is 1. The van der Waals surface area contributed by atoms with Gasteiger partial charge in [-0.15, -0.1) is 0 Å². The summed E-state index contributed by atoms with van der Waals surface area (Å²) in [4.78, 5) is 18.5. The van der Waals surface area contributed by atoms with Gasteiger partial charge in [0, 0.05) is 49.7 Å². The molecule has 2 aromatic rings. The monoisotopic (exact) mass is 276 g/mol. The highest BCUT2D eigenvalue weighted by Gasteiger charge is 2.12. The molecule has 0 radical (unpaired) electrons. The molecular formula is C13H16N4OS. The quantitative estimate of drug-likeness (QED) is 0.869. The summed E-state index contributed by atoms with van der Waals surface area (Å²) in [7, 11) is 5.37. The molecule has 0 aliphatic carbocycles. The third-order valence-electron chi connectivity index (χ3n) is 2.64. The first-order valence-electron chi connectivity index (χ1n) is 5.75.